The molecule has 5 rings (SSSR count). The predicted molar refractivity (Wildman–Crippen MR) is 121 cm³/mol. The van der Waals surface area contributed by atoms with Gasteiger partial charge >= 0.3 is 0 Å². The number of anilines is 1. The Kier molecular flexibility index (Phi) is 5.11. The molecule has 0 radical (unpaired) electrons. The van der Waals surface area contributed by atoms with E-state index in [-0.39, 0.29) is 22.8 Å². The van der Waals surface area contributed by atoms with Crippen molar-refractivity contribution in [1.82, 2.24) is 14.5 Å². The third-order valence-corrected chi connectivity index (χ3v) is 6.88. The highest BCUT2D eigenvalue weighted by Gasteiger charge is 2.19. The topological polar surface area (TPSA) is 90.0 Å². The van der Waals surface area contributed by atoms with Gasteiger partial charge in [0.15, 0.2) is 10.3 Å². The largest absolute Gasteiger partial charge is 0.448 e. The molecule has 0 atom stereocenters. The first kappa shape index (κ1) is 19.0. The second-order valence-corrected chi connectivity index (χ2v) is 9.18. The van der Waals surface area contributed by atoms with Crippen molar-refractivity contribution in [2.75, 3.05) is 11.1 Å². The van der Waals surface area contributed by atoms with Crippen molar-refractivity contribution in [2.45, 2.75) is 11.7 Å². The fourth-order valence-electron chi connectivity index (χ4n) is 3.03. The lowest BCUT2D eigenvalue weighted by Gasteiger charge is -2.10. The van der Waals surface area contributed by atoms with Crippen LogP contribution in [0.4, 0.5) is 5.13 Å². The fourth-order valence-corrected chi connectivity index (χ4v) is 5.06. The number of nitrogens with zero attached hydrogens (tertiary/aromatic N) is 3. The molecule has 0 spiro atoms. The van der Waals surface area contributed by atoms with Gasteiger partial charge < -0.3 is 9.73 Å². The van der Waals surface area contributed by atoms with Crippen molar-refractivity contribution in [2.24, 2.45) is 0 Å². The van der Waals surface area contributed by atoms with Crippen molar-refractivity contribution >= 4 is 67.5 Å². The van der Waals surface area contributed by atoms with Crippen molar-refractivity contribution in [3.8, 4) is 0 Å². The Morgan fingerprint density at radius 1 is 1.17 bits per heavy atom. The lowest BCUT2D eigenvalue weighted by molar-refractivity contribution is -0.113. The molecule has 0 bridgehead atoms. The van der Waals surface area contributed by atoms with Gasteiger partial charge in [0.2, 0.25) is 11.5 Å². The predicted octanol–water partition coefficient (Wildman–Crippen LogP) is 4.44. The lowest BCUT2D eigenvalue weighted by Crippen LogP contribution is -2.24. The summed E-state index contributed by atoms with van der Waals surface area (Å²) in [5.41, 5.74) is 1.10. The zero-order chi connectivity index (χ0) is 20.5. The summed E-state index contributed by atoms with van der Waals surface area (Å²) >= 11 is 4.13. The van der Waals surface area contributed by atoms with Gasteiger partial charge in [-0.2, -0.15) is 0 Å². The van der Waals surface area contributed by atoms with Gasteiger partial charge in [0, 0.05) is 21.8 Å². The average molecular weight is 455 g/mol. The van der Waals surface area contributed by atoms with E-state index in [4.69, 9.17) is 9.40 Å². The second-order valence-electron chi connectivity index (χ2n) is 6.32. The van der Waals surface area contributed by atoms with Crippen molar-refractivity contribution < 1.29 is 9.21 Å². The molecule has 0 aliphatic carbocycles. The van der Waals surface area contributed by atoms with E-state index in [1.165, 1.54) is 23.1 Å². The zero-order valence-electron chi connectivity index (χ0n) is 15.4. The number of para-hydroxylation sites is 1. The molecule has 10 heteroatoms. The smallest absolute Gasteiger partial charge is 0.298 e. The third kappa shape index (κ3) is 3.64. The number of carbonyl (C=O) groups excluding carboxylic acids is 1. The van der Waals surface area contributed by atoms with E-state index in [2.05, 4.69) is 10.3 Å². The molecule has 30 heavy (non-hydrogen) atoms. The van der Waals surface area contributed by atoms with Gasteiger partial charge in [-0.05, 0) is 23.6 Å². The number of carbonyl (C=O) groups is 1. The Morgan fingerprint density at radius 2 is 2.07 bits per heavy atom. The number of rotatable bonds is 6. The van der Waals surface area contributed by atoms with E-state index in [1.54, 1.807) is 27.5 Å². The quantitative estimate of drug-likeness (QED) is 0.301. The number of nitrogens with one attached hydrogen (secondary N) is 1. The Hall–Kier alpha value is -2.95. The molecule has 5 aromatic rings. The van der Waals surface area contributed by atoms with E-state index in [1.807, 2.05) is 41.8 Å². The standard InChI is InChI=1S/C20H14N4O3S3/c25-15(22-19-21-7-9-29-19)11-30-20-23-16-13-5-1-2-6-14(13)27-17(16)18(26)24(20)10-12-4-3-8-28-12/h1-9H,10-11H2,(H,21,22,25). The maximum atomic E-state index is 13.3. The Balaban J connectivity index is 1.54. The van der Waals surface area contributed by atoms with Gasteiger partial charge in [0.05, 0.1) is 12.3 Å². The molecule has 1 amide bonds. The first-order valence-electron chi connectivity index (χ1n) is 8.95. The minimum absolute atomic E-state index is 0.109. The minimum atomic E-state index is -0.257. The molecule has 0 aliphatic rings. The number of furan rings is 1. The van der Waals surface area contributed by atoms with E-state index in [9.17, 15) is 9.59 Å². The number of aromatic nitrogens is 3. The molecule has 4 heterocycles. The highest BCUT2D eigenvalue weighted by atomic mass is 32.2. The van der Waals surface area contributed by atoms with Gasteiger partial charge in [-0.25, -0.2) is 9.97 Å². The van der Waals surface area contributed by atoms with Crippen LogP contribution in [0, 0.1) is 0 Å². The fraction of sp³-hybridized carbons (Fsp3) is 0.100. The summed E-state index contributed by atoms with van der Waals surface area (Å²) in [4.78, 5) is 35.4. The summed E-state index contributed by atoms with van der Waals surface area (Å²) in [6, 6.07) is 11.3. The number of hydrogen-bond acceptors (Lipinski definition) is 8. The summed E-state index contributed by atoms with van der Waals surface area (Å²) in [5.74, 6) is -0.0957. The molecule has 0 unspecified atom stereocenters. The van der Waals surface area contributed by atoms with Crippen molar-refractivity contribution in [3.63, 3.8) is 0 Å². The number of benzene rings is 1. The minimum Gasteiger partial charge on any atom is -0.448 e. The zero-order valence-corrected chi connectivity index (χ0v) is 17.9. The first-order valence-corrected chi connectivity index (χ1v) is 11.7. The van der Waals surface area contributed by atoms with Crippen molar-refractivity contribution in [3.05, 3.63) is 68.6 Å². The van der Waals surface area contributed by atoms with Crippen LogP contribution in [0.2, 0.25) is 0 Å². The van der Waals surface area contributed by atoms with Crippen LogP contribution in [0.3, 0.4) is 0 Å². The number of fused-ring (bicyclic) bond motifs is 3. The molecule has 0 fully saturated rings. The molecule has 7 nitrogen and oxygen atoms in total. The highest BCUT2D eigenvalue weighted by molar-refractivity contribution is 7.99. The van der Waals surface area contributed by atoms with Crippen LogP contribution in [-0.2, 0) is 11.3 Å². The van der Waals surface area contributed by atoms with Gasteiger partial charge in [-0.15, -0.1) is 22.7 Å². The van der Waals surface area contributed by atoms with E-state index < -0.39 is 0 Å². The third-order valence-electron chi connectivity index (χ3n) is 4.35. The van der Waals surface area contributed by atoms with E-state index in [0.29, 0.717) is 27.9 Å². The van der Waals surface area contributed by atoms with Crippen LogP contribution in [0.25, 0.3) is 22.1 Å². The molecule has 0 saturated carbocycles. The Bertz CT molecular complexity index is 1390. The van der Waals surface area contributed by atoms with Crippen LogP contribution in [0.5, 0.6) is 0 Å². The normalized spacial score (nSPS) is 11.3. The summed E-state index contributed by atoms with van der Waals surface area (Å²) < 4.78 is 7.37. The molecular formula is C20H14N4O3S3. The summed E-state index contributed by atoms with van der Waals surface area (Å²) in [7, 11) is 0. The number of hydrogen-bond donors (Lipinski definition) is 1. The SMILES string of the molecule is O=C(CSc1nc2c(oc3ccccc32)c(=O)n1Cc1cccs1)Nc1nccs1. The van der Waals surface area contributed by atoms with Gasteiger partial charge in [-0.1, -0.05) is 30.0 Å². The maximum absolute atomic E-state index is 13.3. The molecule has 4 aromatic heterocycles. The monoisotopic (exact) mass is 454 g/mol. The maximum Gasteiger partial charge on any atom is 0.298 e. The first-order chi connectivity index (χ1) is 14.7. The van der Waals surface area contributed by atoms with Crippen molar-refractivity contribution in [1.29, 1.82) is 0 Å². The summed E-state index contributed by atoms with van der Waals surface area (Å²) in [5, 5.41) is 8.30. The molecule has 0 aliphatic heterocycles. The van der Waals surface area contributed by atoms with Gasteiger partial charge in [-0.3, -0.25) is 14.2 Å². The summed E-state index contributed by atoms with van der Waals surface area (Å²) in [6.07, 6.45) is 1.63. The summed E-state index contributed by atoms with van der Waals surface area (Å²) in [6.45, 7) is 0.368. The Labute approximate surface area is 182 Å². The van der Waals surface area contributed by atoms with Crippen LogP contribution in [-0.4, -0.2) is 26.2 Å². The highest BCUT2D eigenvalue weighted by Crippen LogP contribution is 2.28. The van der Waals surface area contributed by atoms with Crippen LogP contribution in [0.15, 0.2) is 67.7 Å². The molecule has 1 N–H and O–H groups in total. The molecular weight excluding hydrogens is 440 g/mol. The number of thiophene rings is 1. The van der Waals surface area contributed by atoms with E-state index >= 15 is 0 Å². The lowest BCUT2D eigenvalue weighted by atomic mass is 10.2. The number of thiazole rings is 1. The molecule has 150 valence electrons. The van der Waals surface area contributed by atoms with Crippen LogP contribution < -0.4 is 10.9 Å². The van der Waals surface area contributed by atoms with Gasteiger partial charge in [0.25, 0.3) is 5.56 Å². The van der Waals surface area contributed by atoms with Crippen LogP contribution in [0.1, 0.15) is 4.88 Å². The second kappa shape index (κ2) is 8.05. The molecule has 0 saturated heterocycles. The number of thioether (sulfide) groups is 1. The number of amides is 1. The Morgan fingerprint density at radius 3 is 2.87 bits per heavy atom. The average Bonchev–Trinajstić information content (AvgIpc) is 3.50. The van der Waals surface area contributed by atoms with Gasteiger partial charge in [0.1, 0.15) is 11.1 Å². The van der Waals surface area contributed by atoms with Crippen LogP contribution >= 0.6 is 34.4 Å². The molecule has 1 aromatic carbocycles. The van der Waals surface area contributed by atoms with E-state index in [0.717, 1.165) is 10.3 Å².